The van der Waals surface area contributed by atoms with Gasteiger partial charge in [-0.05, 0) is 11.8 Å². The van der Waals surface area contributed by atoms with E-state index < -0.39 is 0 Å². The highest BCUT2D eigenvalue weighted by molar-refractivity contribution is 5.76. The Hall–Kier alpha value is -0.650. The van der Waals surface area contributed by atoms with Crippen molar-refractivity contribution in [2.75, 3.05) is 33.5 Å². The second kappa shape index (κ2) is 9.30. The van der Waals surface area contributed by atoms with E-state index in [1.807, 2.05) is 20.8 Å². The summed E-state index contributed by atoms with van der Waals surface area (Å²) in [4.78, 5) is 11.6. The summed E-state index contributed by atoms with van der Waals surface area (Å²) in [5.41, 5.74) is 5.90. The lowest BCUT2D eigenvalue weighted by molar-refractivity contribution is -0.122. The second-order valence-electron chi connectivity index (χ2n) is 5.49. The maximum Gasteiger partial charge on any atom is 0.221 e. The largest absolute Gasteiger partial charge is 0.382 e. The van der Waals surface area contributed by atoms with E-state index in [1.54, 1.807) is 7.11 Å². The van der Waals surface area contributed by atoms with Gasteiger partial charge < -0.3 is 20.5 Å². The lowest BCUT2D eigenvalue weighted by atomic mass is 9.85. The van der Waals surface area contributed by atoms with E-state index in [9.17, 15) is 4.79 Å². The summed E-state index contributed by atoms with van der Waals surface area (Å²) < 4.78 is 10.1. The Morgan fingerprint density at radius 2 is 1.94 bits per heavy atom. The third-order valence-electron chi connectivity index (χ3n) is 2.74. The predicted molar refractivity (Wildman–Crippen MR) is 72.4 cm³/mol. The van der Waals surface area contributed by atoms with Crippen molar-refractivity contribution < 1.29 is 14.3 Å². The van der Waals surface area contributed by atoms with Crippen LogP contribution in [-0.2, 0) is 14.3 Å². The molecule has 0 aromatic carbocycles. The molecule has 0 aromatic rings. The number of hydrogen-bond acceptors (Lipinski definition) is 4. The SMILES string of the molecule is COCCOCCCNC(=O)CC(N)C(C)(C)C. The van der Waals surface area contributed by atoms with Crippen molar-refractivity contribution >= 4 is 5.91 Å². The highest BCUT2D eigenvalue weighted by Gasteiger charge is 2.22. The molecule has 0 aliphatic carbocycles. The van der Waals surface area contributed by atoms with E-state index in [-0.39, 0.29) is 17.4 Å². The van der Waals surface area contributed by atoms with Crippen LogP contribution in [-0.4, -0.2) is 45.4 Å². The molecule has 0 fully saturated rings. The maximum absolute atomic E-state index is 11.6. The lowest BCUT2D eigenvalue weighted by Crippen LogP contribution is -2.40. The Morgan fingerprint density at radius 1 is 1.28 bits per heavy atom. The fourth-order valence-electron chi connectivity index (χ4n) is 1.22. The van der Waals surface area contributed by atoms with Crippen LogP contribution in [0.15, 0.2) is 0 Å². The molecule has 5 nitrogen and oxygen atoms in total. The molecule has 0 aliphatic rings. The van der Waals surface area contributed by atoms with Crippen molar-refractivity contribution in [1.82, 2.24) is 5.32 Å². The van der Waals surface area contributed by atoms with Crippen LogP contribution in [0.5, 0.6) is 0 Å². The van der Waals surface area contributed by atoms with Crippen LogP contribution in [0.25, 0.3) is 0 Å². The minimum absolute atomic E-state index is 0.00863. The van der Waals surface area contributed by atoms with Crippen LogP contribution < -0.4 is 11.1 Å². The summed E-state index contributed by atoms with van der Waals surface area (Å²) in [6.45, 7) is 8.57. The number of ether oxygens (including phenoxy) is 2. The average molecular weight is 260 g/mol. The molecule has 1 atom stereocenters. The topological polar surface area (TPSA) is 73.6 Å². The molecule has 0 aromatic heterocycles. The summed E-state index contributed by atoms with van der Waals surface area (Å²) in [5, 5.41) is 2.85. The summed E-state index contributed by atoms with van der Waals surface area (Å²) in [5.74, 6) is 0.00863. The highest BCUT2D eigenvalue weighted by Crippen LogP contribution is 2.19. The van der Waals surface area contributed by atoms with Gasteiger partial charge in [0.25, 0.3) is 0 Å². The van der Waals surface area contributed by atoms with Crippen LogP contribution in [0, 0.1) is 5.41 Å². The van der Waals surface area contributed by atoms with Gasteiger partial charge in [-0.3, -0.25) is 4.79 Å². The Kier molecular flexibility index (Phi) is 8.97. The molecular formula is C13H28N2O3. The first-order chi connectivity index (χ1) is 8.38. The monoisotopic (exact) mass is 260 g/mol. The first kappa shape index (κ1) is 17.4. The quantitative estimate of drug-likeness (QED) is 0.605. The summed E-state index contributed by atoms with van der Waals surface area (Å²) in [6, 6.07) is -0.115. The molecule has 0 saturated carbocycles. The van der Waals surface area contributed by atoms with Crippen LogP contribution in [0.3, 0.4) is 0 Å². The summed E-state index contributed by atoms with van der Waals surface area (Å²) >= 11 is 0. The second-order valence-corrected chi connectivity index (χ2v) is 5.49. The van der Waals surface area contributed by atoms with Gasteiger partial charge in [0.1, 0.15) is 0 Å². The van der Waals surface area contributed by atoms with E-state index >= 15 is 0 Å². The molecule has 0 saturated heterocycles. The van der Waals surface area contributed by atoms with E-state index in [0.717, 1.165) is 6.42 Å². The van der Waals surface area contributed by atoms with Gasteiger partial charge in [-0.15, -0.1) is 0 Å². The van der Waals surface area contributed by atoms with E-state index in [1.165, 1.54) is 0 Å². The predicted octanol–water partition coefficient (Wildman–Crippen LogP) is 0.919. The summed E-state index contributed by atoms with van der Waals surface area (Å²) in [6.07, 6.45) is 1.17. The Morgan fingerprint density at radius 3 is 2.50 bits per heavy atom. The minimum Gasteiger partial charge on any atom is -0.382 e. The lowest BCUT2D eigenvalue weighted by Gasteiger charge is -2.26. The molecule has 0 rings (SSSR count). The Bertz CT molecular complexity index is 227. The molecule has 0 bridgehead atoms. The third-order valence-corrected chi connectivity index (χ3v) is 2.74. The van der Waals surface area contributed by atoms with E-state index in [4.69, 9.17) is 15.2 Å². The molecule has 5 heteroatoms. The molecule has 3 N–H and O–H groups in total. The fraction of sp³-hybridized carbons (Fsp3) is 0.923. The zero-order valence-corrected chi connectivity index (χ0v) is 12.1. The highest BCUT2D eigenvalue weighted by atomic mass is 16.5. The van der Waals surface area contributed by atoms with Gasteiger partial charge in [-0.1, -0.05) is 20.8 Å². The van der Waals surface area contributed by atoms with Crippen molar-refractivity contribution in [3.05, 3.63) is 0 Å². The Balaban J connectivity index is 3.48. The zero-order valence-electron chi connectivity index (χ0n) is 12.1. The van der Waals surface area contributed by atoms with Gasteiger partial charge in [-0.2, -0.15) is 0 Å². The van der Waals surface area contributed by atoms with Crippen LogP contribution in [0.4, 0.5) is 0 Å². The van der Waals surface area contributed by atoms with Gasteiger partial charge in [0.2, 0.25) is 5.91 Å². The number of hydrogen-bond donors (Lipinski definition) is 2. The molecule has 1 unspecified atom stereocenters. The molecule has 0 spiro atoms. The molecule has 0 heterocycles. The molecule has 108 valence electrons. The standard InChI is InChI=1S/C13H28N2O3/c1-13(2,3)11(14)10-12(16)15-6-5-7-18-9-8-17-4/h11H,5-10,14H2,1-4H3,(H,15,16). The zero-order chi connectivity index (χ0) is 14.0. The van der Waals surface area contributed by atoms with Gasteiger partial charge in [0.05, 0.1) is 13.2 Å². The average Bonchev–Trinajstić information content (AvgIpc) is 2.26. The van der Waals surface area contributed by atoms with Crippen molar-refractivity contribution in [3.8, 4) is 0 Å². The van der Waals surface area contributed by atoms with Crippen LogP contribution in [0.1, 0.15) is 33.6 Å². The molecule has 0 aliphatic heterocycles. The molecule has 0 radical (unpaired) electrons. The number of nitrogens with one attached hydrogen (secondary N) is 1. The van der Waals surface area contributed by atoms with Crippen LogP contribution in [0.2, 0.25) is 0 Å². The number of carbonyl (C=O) groups excluding carboxylic acids is 1. The van der Waals surface area contributed by atoms with E-state index in [2.05, 4.69) is 5.32 Å². The first-order valence-corrected chi connectivity index (χ1v) is 6.47. The number of nitrogens with two attached hydrogens (primary N) is 1. The van der Waals surface area contributed by atoms with Crippen molar-refractivity contribution in [1.29, 1.82) is 0 Å². The number of amides is 1. The third kappa shape index (κ3) is 9.39. The van der Waals surface area contributed by atoms with Gasteiger partial charge in [-0.25, -0.2) is 0 Å². The Labute approximate surface area is 110 Å². The normalized spacial score (nSPS) is 13.4. The van der Waals surface area contributed by atoms with Gasteiger partial charge in [0.15, 0.2) is 0 Å². The van der Waals surface area contributed by atoms with Crippen LogP contribution >= 0.6 is 0 Å². The van der Waals surface area contributed by atoms with Gasteiger partial charge >= 0.3 is 0 Å². The first-order valence-electron chi connectivity index (χ1n) is 6.47. The molecular weight excluding hydrogens is 232 g/mol. The fourth-order valence-corrected chi connectivity index (χ4v) is 1.22. The minimum atomic E-state index is -0.115. The number of rotatable bonds is 9. The van der Waals surface area contributed by atoms with Crippen molar-refractivity contribution in [2.24, 2.45) is 11.1 Å². The van der Waals surface area contributed by atoms with Gasteiger partial charge in [0, 0.05) is 32.7 Å². The summed E-state index contributed by atoms with van der Waals surface area (Å²) in [7, 11) is 1.64. The van der Waals surface area contributed by atoms with E-state index in [0.29, 0.717) is 32.8 Å². The van der Waals surface area contributed by atoms with Crippen molar-refractivity contribution in [2.45, 2.75) is 39.7 Å². The maximum atomic E-state index is 11.6. The number of methoxy groups -OCH3 is 1. The smallest absolute Gasteiger partial charge is 0.221 e. The number of carbonyl (C=O) groups is 1. The molecule has 18 heavy (non-hydrogen) atoms. The molecule has 1 amide bonds. The van der Waals surface area contributed by atoms with Crippen molar-refractivity contribution in [3.63, 3.8) is 0 Å².